The van der Waals surface area contributed by atoms with Crippen molar-refractivity contribution in [3.63, 3.8) is 0 Å². The lowest BCUT2D eigenvalue weighted by Gasteiger charge is -2.26. The maximum atomic E-state index is 12.5. The summed E-state index contributed by atoms with van der Waals surface area (Å²) < 4.78 is 5.18. The molecule has 0 aromatic heterocycles. The molecule has 0 N–H and O–H groups in total. The van der Waals surface area contributed by atoms with Crippen LogP contribution >= 0.6 is 11.8 Å². The van der Waals surface area contributed by atoms with Crippen molar-refractivity contribution in [3.8, 4) is 5.75 Å². The van der Waals surface area contributed by atoms with Crippen LogP contribution in [0.3, 0.4) is 0 Å². The number of ether oxygens (including phenoxy) is 1. The molecule has 1 aromatic rings. The van der Waals surface area contributed by atoms with Crippen molar-refractivity contribution in [2.75, 3.05) is 26.7 Å². The van der Waals surface area contributed by atoms with Crippen LogP contribution < -0.4 is 4.74 Å². The van der Waals surface area contributed by atoms with Crippen LogP contribution in [-0.2, 0) is 9.59 Å². The van der Waals surface area contributed by atoms with E-state index in [1.54, 1.807) is 23.8 Å². The second kappa shape index (κ2) is 6.83. The van der Waals surface area contributed by atoms with Gasteiger partial charge >= 0.3 is 0 Å². The topological polar surface area (TPSA) is 49.9 Å². The van der Waals surface area contributed by atoms with Gasteiger partial charge in [-0.15, -0.1) is 11.8 Å². The van der Waals surface area contributed by atoms with Gasteiger partial charge in [-0.05, 0) is 37.5 Å². The van der Waals surface area contributed by atoms with Crippen LogP contribution in [0.4, 0.5) is 0 Å². The molecule has 2 atom stereocenters. The molecular formula is C17H22N2O3S. The van der Waals surface area contributed by atoms with E-state index >= 15 is 0 Å². The Labute approximate surface area is 141 Å². The number of methoxy groups -OCH3 is 1. The Morgan fingerprint density at radius 2 is 1.91 bits per heavy atom. The molecule has 0 unspecified atom stereocenters. The van der Waals surface area contributed by atoms with Crippen LogP contribution in [0.5, 0.6) is 5.75 Å². The van der Waals surface area contributed by atoms with Gasteiger partial charge in [0.1, 0.15) is 17.7 Å². The van der Waals surface area contributed by atoms with Crippen LogP contribution in [0, 0.1) is 0 Å². The molecule has 5 nitrogen and oxygen atoms in total. The van der Waals surface area contributed by atoms with E-state index in [4.69, 9.17) is 4.74 Å². The summed E-state index contributed by atoms with van der Waals surface area (Å²) in [5.41, 5.74) is 1.03. The average Bonchev–Trinajstić information content (AvgIpc) is 3.19. The summed E-state index contributed by atoms with van der Waals surface area (Å²) in [6.45, 7) is 3.71. The van der Waals surface area contributed by atoms with E-state index in [9.17, 15) is 9.59 Å². The van der Waals surface area contributed by atoms with Gasteiger partial charge in [0.25, 0.3) is 0 Å². The first-order valence-corrected chi connectivity index (χ1v) is 8.92. The van der Waals surface area contributed by atoms with Crippen molar-refractivity contribution < 1.29 is 14.3 Å². The van der Waals surface area contributed by atoms with E-state index in [2.05, 4.69) is 0 Å². The number of carbonyl (C=O) groups excluding carboxylic acids is 2. The highest BCUT2D eigenvalue weighted by molar-refractivity contribution is 8.01. The first-order chi connectivity index (χ1) is 11.1. The van der Waals surface area contributed by atoms with E-state index in [-0.39, 0.29) is 29.0 Å². The van der Waals surface area contributed by atoms with Crippen molar-refractivity contribution in [1.29, 1.82) is 0 Å². The lowest BCUT2D eigenvalue weighted by Crippen LogP contribution is -2.41. The summed E-state index contributed by atoms with van der Waals surface area (Å²) in [5, 5.41) is -0.219. The highest BCUT2D eigenvalue weighted by Crippen LogP contribution is 2.43. The van der Waals surface area contributed by atoms with Crippen molar-refractivity contribution in [2.45, 2.75) is 30.4 Å². The average molecular weight is 334 g/mol. The smallest absolute Gasteiger partial charge is 0.242 e. The highest BCUT2D eigenvalue weighted by atomic mass is 32.2. The van der Waals surface area contributed by atoms with Gasteiger partial charge in [-0.3, -0.25) is 9.59 Å². The van der Waals surface area contributed by atoms with Gasteiger partial charge in [-0.1, -0.05) is 12.1 Å². The Balaban J connectivity index is 1.76. The van der Waals surface area contributed by atoms with Crippen molar-refractivity contribution in [2.24, 2.45) is 0 Å². The molecule has 2 aliphatic heterocycles. The Kier molecular flexibility index (Phi) is 4.80. The van der Waals surface area contributed by atoms with E-state index in [1.807, 2.05) is 36.1 Å². The second-order valence-corrected chi connectivity index (χ2v) is 7.38. The summed E-state index contributed by atoms with van der Waals surface area (Å²) in [4.78, 5) is 28.5. The third-order valence-corrected chi connectivity index (χ3v) is 5.81. The first kappa shape index (κ1) is 16.2. The molecule has 0 saturated carbocycles. The molecule has 3 rings (SSSR count). The number of hydrogen-bond acceptors (Lipinski definition) is 4. The quantitative estimate of drug-likeness (QED) is 0.848. The monoisotopic (exact) mass is 334 g/mol. The number of nitrogens with zero attached hydrogens (tertiary/aromatic N) is 2. The van der Waals surface area contributed by atoms with Crippen LogP contribution in [0.1, 0.15) is 30.7 Å². The molecule has 0 bridgehead atoms. The molecule has 2 saturated heterocycles. The third-order valence-electron chi connectivity index (χ3n) is 4.41. The van der Waals surface area contributed by atoms with Crippen LogP contribution in [0.25, 0.3) is 0 Å². The van der Waals surface area contributed by atoms with Crippen LogP contribution in [-0.4, -0.2) is 53.6 Å². The van der Waals surface area contributed by atoms with Crippen LogP contribution in [0.15, 0.2) is 24.3 Å². The van der Waals surface area contributed by atoms with Crippen LogP contribution in [0.2, 0.25) is 0 Å². The summed E-state index contributed by atoms with van der Waals surface area (Å²) in [5.74, 6) is 0.892. The zero-order valence-corrected chi connectivity index (χ0v) is 14.3. The molecule has 0 spiro atoms. The molecular weight excluding hydrogens is 312 g/mol. The number of thioether (sulfide) groups is 1. The predicted octanol–water partition coefficient (Wildman–Crippen LogP) is 2.28. The Morgan fingerprint density at radius 1 is 1.26 bits per heavy atom. The maximum absolute atomic E-state index is 12.5. The molecule has 0 aliphatic carbocycles. The van der Waals surface area contributed by atoms with Crippen molar-refractivity contribution >= 4 is 23.6 Å². The van der Waals surface area contributed by atoms with Gasteiger partial charge < -0.3 is 14.5 Å². The maximum Gasteiger partial charge on any atom is 0.242 e. The number of likely N-dealkylation sites (tertiary alicyclic amines) is 1. The minimum atomic E-state index is -0.117. The van der Waals surface area contributed by atoms with Gasteiger partial charge in [-0.2, -0.15) is 0 Å². The number of hydrogen-bond donors (Lipinski definition) is 0. The predicted molar refractivity (Wildman–Crippen MR) is 90.3 cm³/mol. The number of benzene rings is 1. The molecule has 2 fully saturated rings. The van der Waals surface area contributed by atoms with Gasteiger partial charge in [0.2, 0.25) is 11.8 Å². The van der Waals surface area contributed by atoms with E-state index in [0.29, 0.717) is 0 Å². The SMILES string of the molecule is COc1ccc([C@@H]2S[C@H](C)C(=O)N2CC(=O)N2CCCC2)cc1. The molecule has 6 heteroatoms. The molecule has 2 aliphatic rings. The number of carbonyl (C=O) groups is 2. The summed E-state index contributed by atoms with van der Waals surface area (Å²) in [6, 6.07) is 7.72. The van der Waals surface area contributed by atoms with E-state index in [1.165, 1.54) is 0 Å². The largest absolute Gasteiger partial charge is 0.497 e. The molecule has 124 valence electrons. The minimum absolute atomic E-state index is 0.0448. The first-order valence-electron chi connectivity index (χ1n) is 7.98. The third kappa shape index (κ3) is 3.32. The second-order valence-electron chi connectivity index (χ2n) is 5.96. The zero-order valence-electron chi connectivity index (χ0n) is 13.5. The molecule has 1 aromatic carbocycles. The Hall–Kier alpha value is -1.69. The molecule has 2 heterocycles. The summed E-state index contributed by atoms with van der Waals surface area (Å²) >= 11 is 1.60. The molecule has 23 heavy (non-hydrogen) atoms. The number of amides is 2. The Morgan fingerprint density at radius 3 is 2.52 bits per heavy atom. The fraction of sp³-hybridized carbons (Fsp3) is 0.529. The van der Waals surface area contributed by atoms with E-state index in [0.717, 1.165) is 37.2 Å². The lowest BCUT2D eigenvalue weighted by atomic mass is 10.2. The Bertz CT molecular complexity index is 584. The summed E-state index contributed by atoms with van der Waals surface area (Å²) in [6.07, 6.45) is 2.12. The molecule has 0 radical (unpaired) electrons. The zero-order chi connectivity index (χ0) is 16.4. The van der Waals surface area contributed by atoms with Gasteiger partial charge in [0.15, 0.2) is 0 Å². The van der Waals surface area contributed by atoms with Gasteiger partial charge in [0.05, 0.1) is 12.4 Å². The standard InChI is InChI=1S/C17H22N2O3S/c1-12-16(21)19(11-15(20)18-9-3-4-10-18)17(23-12)13-5-7-14(22-2)8-6-13/h5-8,12,17H,3-4,9-11H2,1-2H3/t12-,17+/m1/s1. The van der Waals surface area contributed by atoms with Crippen molar-refractivity contribution in [3.05, 3.63) is 29.8 Å². The number of rotatable bonds is 4. The molecule has 2 amide bonds. The highest BCUT2D eigenvalue weighted by Gasteiger charge is 2.40. The van der Waals surface area contributed by atoms with Gasteiger partial charge in [-0.25, -0.2) is 0 Å². The lowest BCUT2D eigenvalue weighted by molar-refractivity contribution is -0.139. The summed E-state index contributed by atoms with van der Waals surface area (Å²) in [7, 11) is 1.63. The van der Waals surface area contributed by atoms with Gasteiger partial charge in [0, 0.05) is 13.1 Å². The normalized spacial score (nSPS) is 24.3. The van der Waals surface area contributed by atoms with E-state index < -0.39 is 0 Å². The fourth-order valence-electron chi connectivity index (χ4n) is 3.07. The van der Waals surface area contributed by atoms with Crippen molar-refractivity contribution in [1.82, 2.24) is 9.80 Å². The fourth-order valence-corrected chi connectivity index (χ4v) is 4.35. The minimum Gasteiger partial charge on any atom is -0.497 e.